The quantitative estimate of drug-likeness (QED) is 0.140. The van der Waals surface area contributed by atoms with Gasteiger partial charge in [0.1, 0.15) is 5.75 Å². The molecule has 2 aliphatic carbocycles. The Morgan fingerprint density at radius 1 is 0.898 bits per heavy atom. The Bertz CT molecular complexity index is 2150. The maximum atomic E-state index is 14.5. The van der Waals surface area contributed by atoms with Crippen molar-refractivity contribution in [3.63, 3.8) is 0 Å². The number of aryl methyl sites for hydroxylation is 1. The number of rotatable bonds is 14. The van der Waals surface area contributed by atoms with Gasteiger partial charge in [0.05, 0.1) is 17.1 Å². The van der Waals surface area contributed by atoms with Crippen LogP contribution in [0.3, 0.4) is 0 Å². The number of hydrogen-bond acceptors (Lipinski definition) is 5. The summed E-state index contributed by atoms with van der Waals surface area (Å²) in [5.41, 5.74) is 7.10. The van der Waals surface area contributed by atoms with Crippen LogP contribution in [0.25, 0.3) is 11.3 Å². The molecule has 0 unspecified atom stereocenters. The summed E-state index contributed by atoms with van der Waals surface area (Å²) >= 11 is 0. The van der Waals surface area contributed by atoms with E-state index in [0.717, 1.165) is 67.1 Å². The molecule has 3 aliphatic rings. The van der Waals surface area contributed by atoms with Crippen molar-refractivity contribution in [2.24, 2.45) is 11.3 Å². The van der Waals surface area contributed by atoms with Crippen LogP contribution in [0, 0.1) is 23.7 Å². The van der Waals surface area contributed by atoms with Crippen molar-refractivity contribution in [2.75, 3.05) is 13.2 Å². The topological polar surface area (TPSA) is 113 Å². The van der Waals surface area contributed by atoms with Gasteiger partial charge in [-0.25, -0.2) is 13.1 Å². The summed E-state index contributed by atoms with van der Waals surface area (Å²) in [7, 11) is -3.93. The fourth-order valence-corrected chi connectivity index (χ4v) is 11.3. The minimum absolute atomic E-state index is 0.0679. The zero-order chi connectivity index (χ0) is 43.3. The van der Waals surface area contributed by atoms with Gasteiger partial charge >= 0.3 is 0 Å². The Labute approximate surface area is 356 Å². The van der Waals surface area contributed by atoms with E-state index in [0.29, 0.717) is 41.5 Å². The molecule has 6 rings (SSSR count). The van der Waals surface area contributed by atoms with Crippen LogP contribution in [0.2, 0.25) is 0 Å². The lowest BCUT2D eigenvalue weighted by Gasteiger charge is -2.33. The average Bonchev–Trinajstić information content (AvgIpc) is 3.86. The van der Waals surface area contributed by atoms with Crippen LogP contribution in [0.15, 0.2) is 41.3 Å². The van der Waals surface area contributed by atoms with Gasteiger partial charge in [0.2, 0.25) is 10.0 Å². The lowest BCUT2D eigenvalue weighted by Crippen LogP contribution is -2.44. The van der Waals surface area contributed by atoms with Crippen molar-refractivity contribution in [2.45, 2.75) is 187 Å². The SMILES string of the molecule is CCC(=N)C(C)(C)CNC(=O)c1cc(-c2ccc(S(=O)(=O)NC(C)(C)CCc3cc(C(C)(C)C)c4c(c3)C3(CCO4)CC3)c(C(C)(C)C)c2)n(CC2CCCCC2)c1C. The third-order valence-electron chi connectivity index (χ3n) is 13.7. The highest BCUT2D eigenvalue weighted by molar-refractivity contribution is 7.89. The Morgan fingerprint density at radius 3 is 2.17 bits per heavy atom. The van der Waals surface area contributed by atoms with Crippen molar-refractivity contribution in [1.82, 2.24) is 14.6 Å². The van der Waals surface area contributed by atoms with Gasteiger partial charge in [-0.05, 0) is 124 Å². The number of carbonyl (C=O) groups excluding carboxylic acids is 1. The summed E-state index contributed by atoms with van der Waals surface area (Å²) in [5.74, 6) is 1.45. The second-order valence-corrected chi connectivity index (χ2v) is 23.3. The van der Waals surface area contributed by atoms with Gasteiger partial charge < -0.3 is 20.0 Å². The molecule has 324 valence electrons. The van der Waals surface area contributed by atoms with E-state index >= 15 is 0 Å². The number of carbonyl (C=O) groups is 1. The Kier molecular flexibility index (Phi) is 12.6. The first-order chi connectivity index (χ1) is 27.4. The number of benzene rings is 2. The van der Waals surface area contributed by atoms with E-state index in [4.69, 9.17) is 10.1 Å². The number of sulfonamides is 1. The van der Waals surface area contributed by atoms with Crippen molar-refractivity contribution < 1.29 is 17.9 Å². The molecule has 8 nitrogen and oxygen atoms in total. The number of amides is 1. The fraction of sp³-hybridized carbons (Fsp3) is 0.640. The zero-order valence-electron chi connectivity index (χ0n) is 38.4. The normalized spacial score (nSPS) is 17.4. The highest BCUT2D eigenvalue weighted by atomic mass is 32.2. The molecule has 1 aromatic heterocycles. The number of hydrogen-bond donors (Lipinski definition) is 3. The molecule has 1 aliphatic heterocycles. The van der Waals surface area contributed by atoms with Gasteiger partial charge in [-0.2, -0.15) is 0 Å². The summed E-state index contributed by atoms with van der Waals surface area (Å²) < 4.78 is 40.8. The third kappa shape index (κ3) is 9.88. The van der Waals surface area contributed by atoms with Crippen LogP contribution in [0.1, 0.15) is 179 Å². The summed E-state index contributed by atoms with van der Waals surface area (Å²) in [6, 6.07) is 12.4. The molecule has 0 bridgehead atoms. The number of nitrogens with one attached hydrogen (secondary N) is 3. The van der Waals surface area contributed by atoms with Crippen molar-refractivity contribution >= 4 is 21.6 Å². The molecule has 2 saturated carbocycles. The van der Waals surface area contributed by atoms with E-state index in [2.05, 4.69) is 68.3 Å². The van der Waals surface area contributed by atoms with Crippen molar-refractivity contribution in [3.8, 4) is 17.0 Å². The molecule has 0 radical (unpaired) electrons. The summed E-state index contributed by atoms with van der Waals surface area (Å²) in [6.45, 7) is 26.9. The van der Waals surface area contributed by atoms with Gasteiger partial charge in [0.25, 0.3) is 5.91 Å². The Balaban J connectivity index is 1.29. The highest BCUT2D eigenvalue weighted by Crippen LogP contribution is 2.58. The largest absolute Gasteiger partial charge is 0.493 e. The van der Waals surface area contributed by atoms with Crippen LogP contribution in [0.4, 0.5) is 0 Å². The van der Waals surface area contributed by atoms with E-state index in [-0.39, 0.29) is 16.7 Å². The van der Waals surface area contributed by atoms with Crippen LogP contribution in [0.5, 0.6) is 5.75 Å². The Morgan fingerprint density at radius 2 is 1.56 bits per heavy atom. The minimum Gasteiger partial charge on any atom is -0.493 e. The lowest BCUT2D eigenvalue weighted by molar-refractivity contribution is 0.0943. The van der Waals surface area contributed by atoms with Crippen molar-refractivity contribution in [1.29, 1.82) is 5.41 Å². The second-order valence-electron chi connectivity index (χ2n) is 21.6. The first-order valence-electron chi connectivity index (χ1n) is 22.4. The molecule has 0 saturated heterocycles. The van der Waals surface area contributed by atoms with Crippen LogP contribution < -0.4 is 14.8 Å². The zero-order valence-corrected chi connectivity index (χ0v) is 39.2. The molecule has 0 atom stereocenters. The van der Waals surface area contributed by atoms with E-state index < -0.39 is 26.4 Å². The van der Waals surface area contributed by atoms with Gasteiger partial charge in [0.15, 0.2) is 0 Å². The molecule has 59 heavy (non-hydrogen) atoms. The first kappa shape index (κ1) is 45.1. The molecule has 1 spiro atoms. The molecule has 3 aromatic rings. The monoisotopic (exact) mass is 827 g/mol. The molecule has 2 aromatic carbocycles. The summed E-state index contributed by atoms with van der Waals surface area (Å²) in [6.07, 6.45) is 11.6. The van der Waals surface area contributed by atoms with E-state index in [1.807, 2.05) is 59.7 Å². The van der Waals surface area contributed by atoms with Gasteiger partial charge in [-0.15, -0.1) is 0 Å². The minimum atomic E-state index is -3.93. The fourth-order valence-electron chi connectivity index (χ4n) is 9.49. The molecular formula is C50H74N4O4S. The third-order valence-corrected chi connectivity index (χ3v) is 15.4. The second kappa shape index (κ2) is 16.4. The average molecular weight is 827 g/mol. The highest BCUT2D eigenvalue weighted by Gasteiger charge is 2.49. The van der Waals surface area contributed by atoms with Crippen LogP contribution >= 0.6 is 0 Å². The number of aromatic nitrogens is 1. The predicted molar refractivity (Wildman–Crippen MR) is 243 cm³/mol. The van der Waals surface area contributed by atoms with Gasteiger partial charge in [-0.3, -0.25) is 4.79 Å². The van der Waals surface area contributed by atoms with E-state index in [9.17, 15) is 13.2 Å². The first-order valence-corrected chi connectivity index (χ1v) is 23.9. The molecule has 9 heteroatoms. The number of nitrogens with zero attached hydrogens (tertiary/aromatic N) is 1. The molecular weight excluding hydrogens is 753 g/mol. The smallest absolute Gasteiger partial charge is 0.253 e. The maximum absolute atomic E-state index is 14.5. The van der Waals surface area contributed by atoms with Gasteiger partial charge in [-0.1, -0.05) is 99.8 Å². The summed E-state index contributed by atoms with van der Waals surface area (Å²) in [4.78, 5) is 14.2. The molecule has 3 N–H and O–H groups in total. The number of ether oxygens (including phenoxy) is 1. The number of fused-ring (bicyclic) bond motifs is 2. The predicted octanol–water partition coefficient (Wildman–Crippen LogP) is 11.3. The van der Waals surface area contributed by atoms with E-state index in [1.54, 1.807) is 6.07 Å². The van der Waals surface area contributed by atoms with Gasteiger partial charge in [0, 0.05) is 57.7 Å². The standard InChI is InChI=1S/C50H74N4O4S/c1-13-43(51)48(9,10)32-52-45(55)37-30-41(54(33(37)2)31-34-17-15-14-16-18-34)36-19-20-42(38(29-36)46(3,4)5)59(56,57)53-49(11,12)22-21-35-27-39(47(6,7)8)44-40(28-35)50(23-24-50)25-26-58-44/h19-20,27-30,34,51,53H,13-18,21-26,31-32H2,1-12H3,(H,52,55). The van der Waals surface area contributed by atoms with E-state index in [1.165, 1.54) is 48.8 Å². The molecule has 2 fully saturated rings. The molecule has 2 heterocycles. The lowest BCUT2D eigenvalue weighted by atomic mass is 9.78. The maximum Gasteiger partial charge on any atom is 0.253 e. The Hall–Kier alpha value is -3.43. The molecule has 1 amide bonds. The van der Waals surface area contributed by atoms with Crippen molar-refractivity contribution in [3.05, 3.63) is 69.9 Å². The summed E-state index contributed by atoms with van der Waals surface area (Å²) in [5, 5.41) is 11.6. The van der Waals surface area contributed by atoms with Crippen LogP contribution in [-0.2, 0) is 39.2 Å². The van der Waals surface area contributed by atoms with Crippen LogP contribution in [-0.4, -0.2) is 43.3 Å².